The van der Waals surface area contributed by atoms with Gasteiger partial charge < -0.3 is 9.47 Å². The lowest BCUT2D eigenvalue weighted by Gasteiger charge is -2.13. The van der Waals surface area contributed by atoms with Crippen molar-refractivity contribution in [2.45, 2.75) is 71.9 Å². The SMILES string of the molecule is CCCCCCOc1cc(OCCCCCC)cc(-c2ccc(CF)cc2)c1.FOc1cc(F)c(F)c(F)c1. The van der Waals surface area contributed by atoms with Crippen molar-refractivity contribution < 1.29 is 36.5 Å². The Balaban J connectivity index is 0.000000404. The van der Waals surface area contributed by atoms with Crippen LogP contribution in [0.15, 0.2) is 54.6 Å². The van der Waals surface area contributed by atoms with Gasteiger partial charge in [-0.25, -0.2) is 17.6 Å². The molecule has 0 amide bonds. The molecule has 3 aromatic carbocycles. The Morgan fingerprint density at radius 1 is 0.590 bits per heavy atom. The molecule has 3 aromatic rings. The van der Waals surface area contributed by atoms with Crippen LogP contribution in [-0.4, -0.2) is 13.2 Å². The molecule has 0 aliphatic carbocycles. The second kappa shape index (κ2) is 18.1. The molecular weight excluding hydrogens is 515 g/mol. The fourth-order valence-corrected chi connectivity index (χ4v) is 3.71. The van der Waals surface area contributed by atoms with Gasteiger partial charge in [0, 0.05) is 22.7 Å². The highest BCUT2D eigenvalue weighted by Gasteiger charge is 2.11. The molecule has 8 heteroatoms. The van der Waals surface area contributed by atoms with E-state index in [2.05, 4.69) is 18.8 Å². The maximum absolute atomic E-state index is 12.8. The lowest BCUT2D eigenvalue weighted by Crippen LogP contribution is -2.00. The molecule has 39 heavy (non-hydrogen) atoms. The minimum Gasteiger partial charge on any atom is -0.493 e. The van der Waals surface area contributed by atoms with Crippen molar-refractivity contribution in [1.82, 2.24) is 0 Å². The van der Waals surface area contributed by atoms with E-state index in [9.17, 15) is 22.1 Å². The van der Waals surface area contributed by atoms with Gasteiger partial charge in [0.2, 0.25) is 0 Å². The van der Waals surface area contributed by atoms with Crippen LogP contribution in [0, 0.1) is 17.5 Å². The quantitative estimate of drug-likeness (QED) is 0.107. The summed E-state index contributed by atoms with van der Waals surface area (Å²) in [5.74, 6) is -3.65. The minimum atomic E-state index is -1.65. The van der Waals surface area contributed by atoms with Crippen LogP contribution in [0.5, 0.6) is 17.2 Å². The topological polar surface area (TPSA) is 27.7 Å². The van der Waals surface area contributed by atoms with Gasteiger partial charge in [-0.3, -0.25) is 4.94 Å². The summed E-state index contributed by atoms with van der Waals surface area (Å²) in [6, 6.07) is 14.5. The summed E-state index contributed by atoms with van der Waals surface area (Å²) in [5, 5.41) is 0. The van der Waals surface area contributed by atoms with Crippen molar-refractivity contribution in [2.24, 2.45) is 0 Å². The Labute approximate surface area is 227 Å². The molecule has 0 aliphatic rings. The molecule has 0 saturated heterocycles. The number of unbranched alkanes of at least 4 members (excludes halogenated alkanes) is 6. The summed E-state index contributed by atoms with van der Waals surface area (Å²) in [5.41, 5.74) is 2.78. The first kappa shape index (κ1) is 31.9. The lowest BCUT2D eigenvalue weighted by atomic mass is 10.0. The number of benzene rings is 3. The van der Waals surface area contributed by atoms with Crippen LogP contribution >= 0.6 is 0 Å². The standard InChI is InChI=1S/C25H35FO2.C6H2F4O/c1-3-5-7-9-15-27-24-17-23(22-13-11-21(20-26)12-14-22)18-25(19-24)28-16-10-8-6-4-2;7-4-1-3(11-10)2-5(8)6(4)9/h11-14,17-19H,3-10,15-16,20H2,1-2H3;1-2H. The molecule has 0 bridgehead atoms. The Morgan fingerprint density at radius 3 is 1.54 bits per heavy atom. The average molecular weight is 553 g/mol. The van der Waals surface area contributed by atoms with E-state index in [1.807, 2.05) is 42.5 Å². The third kappa shape index (κ3) is 11.5. The Morgan fingerprint density at radius 2 is 1.10 bits per heavy atom. The second-order valence-electron chi connectivity index (χ2n) is 9.12. The number of hydrogen-bond acceptors (Lipinski definition) is 3. The highest BCUT2D eigenvalue weighted by molar-refractivity contribution is 5.67. The van der Waals surface area contributed by atoms with Crippen LogP contribution in [-0.2, 0) is 6.67 Å². The van der Waals surface area contributed by atoms with Crippen molar-refractivity contribution in [3.63, 3.8) is 0 Å². The van der Waals surface area contributed by atoms with Crippen LogP contribution < -0.4 is 14.4 Å². The highest BCUT2D eigenvalue weighted by atomic mass is 19.3. The van der Waals surface area contributed by atoms with E-state index in [1.165, 1.54) is 38.5 Å². The molecule has 0 aliphatic heterocycles. The van der Waals surface area contributed by atoms with Crippen LogP contribution in [0.1, 0.15) is 70.8 Å². The first-order valence-corrected chi connectivity index (χ1v) is 13.4. The average Bonchev–Trinajstić information content (AvgIpc) is 2.95. The maximum Gasteiger partial charge on any atom is 0.194 e. The largest absolute Gasteiger partial charge is 0.493 e. The third-order valence-corrected chi connectivity index (χ3v) is 5.90. The van der Waals surface area contributed by atoms with E-state index >= 15 is 0 Å². The van der Waals surface area contributed by atoms with Gasteiger partial charge in [0.25, 0.3) is 0 Å². The number of hydrogen-bond donors (Lipinski definition) is 0. The van der Waals surface area contributed by atoms with Crippen LogP contribution in [0.4, 0.5) is 22.1 Å². The highest BCUT2D eigenvalue weighted by Crippen LogP contribution is 2.31. The minimum absolute atomic E-state index is 0.401. The lowest BCUT2D eigenvalue weighted by molar-refractivity contribution is -0.00711. The van der Waals surface area contributed by atoms with Gasteiger partial charge in [0.1, 0.15) is 18.2 Å². The molecule has 0 atom stereocenters. The number of ether oxygens (including phenoxy) is 2. The van der Waals surface area contributed by atoms with Gasteiger partial charge in [-0.1, -0.05) is 76.6 Å². The summed E-state index contributed by atoms with van der Waals surface area (Å²) in [4.78, 5) is 2.98. The van der Waals surface area contributed by atoms with Crippen LogP contribution in [0.2, 0.25) is 0 Å². The Hall–Kier alpha value is -3.29. The molecule has 0 unspecified atom stereocenters. The van der Waals surface area contributed by atoms with Crippen molar-refractivity contribution >= 4 is 0 Å². The van der Waals surface area contributed by atoms with E-state index in [0.717, 1.165) is 48.7 Å². The molecule has 3 rings (SSSR count). The van der Waals surface area contributed by atoms with Crippen LogP contribution in [0.3, 0.4) is 0 Å². The fourth-order valence-electron chi connectivity index (χ4n) is 3.71. The molecule has 0 radical (unpaired) electrons. The van der Waals surface area contributed by atoms with Crippen molar-refractivity contribution in [3.05, 3.63) is 77.6 Å². The molecule has 0 aromatic heterocycles. The summed E-state index contributed by atoms with van der Waals surface area (Å²) in [7, 11) is 0. The first-order chi connectivity index (χ1) is 18.9. The second-order valence-corrected chi connectivity index (χ2v) is 9.12. The van der Waals surface area contributed by atoms with E-state index < -0.39 is 29.9 Å². The van der Waals surface area contributed by atoms with Gasteiger partial charge in [0.15, 0.2) is 23.2 Å². The zero-order valence-electron chi connectivity index (χ0n) is 22.6. The predicted octanol–water partition coefficient (Wildman–Crippen LogP) is 10.1. The normalized spacial score (nSPS) is 10.5. The van der Waals surface area contributed by atoms with E-state index in [1.54, 1.807) is 0 Å². The molecule has 3 nitrogen and oxygen atoms in total. The van der Waals surface area contributed by atoms with Gasteiger partial charge in [-0.05, 0) is 41.7 Å². The molecule has 0 saturated carbocycles. The fraction of sp³-hybridized carbons (Fsp3) is 0.419. The molecule has 0 fully saturated rings. The third-order valence-electron chi connectivity index (χ3n) is 5.90. The number of alkyl halides is 1. The number of halogens is 5. The summed E-state index contributed by atoms with van der Waals surface area (Å²) >= 11 is 0. The predicted molar refractivity (Wildman–Crippen MR) is 144 cm³/mol. The summed E-state index contributed by atoms with van der Waals surface area (Å²) < 4.78 is 72.5. The zero-order valence-corrected chi connectivity index (χ0v) is 22.6. The van der Waals surface area contributed by atoms with Crippen molar-refractivity contribution in [3.8, 4) is 28.4 Å². The molecule has 214 valence electrons. The first-order valence-electron chi connectivity index (χ1n) is 13.4. The Kier molecular flexibility index (Phi) is 14.8. The van der Waals surface area contributed by atoms with Gasteiger partial charge in [0.05, 0.1) is 13.2 Å². The zero-order chi connectivity index (χ0) is 28.5. The van der Waals surface area contributed by atoms with Gasteiger partial charge >= 0.3 is 0 Å². The summed E-state index contributed by atoms with van der Waals surface area (Å²) in [6.07, 6.45) is 9.46. The van der Waals surface area contributed by atoms with Crippen molar-refractivity contribution in [2.75, 3.05) is 13.2 Å². The number of rotatable bonds is 15. The van der Waals surface area contributed by atoms with Gasteiger partial charge in [-0.2, -0.15) is 0 Å². The molecule has 0 heterocycles. The van der Waals surface area contributed by atoms with E-state index in [4.69, 9.17) is 9.47 Å². The van der Waals surface area contributed by atoms with Crippen molar-refractivity contribution in [1.29, 1.82) is 0 Å². The molecule has 0 spiro atoms. The summed E-state index contributed by atoms with van der Waals surface area (Å²) in [6.45, 7) is 5.43. The van der Waals surface area contributed by atoms with Gasteiger partial charge in [-0.15, -0.1) is 0 Å². The molecule has 0 N–H and O–H groups in total. The van der Waals surface area contributed by atoms with E-state index in [-0.39, 0.29) is 0 Å². The monoisotopic (exact) mass is 552 g/mol. The smallest absolute Gasteiger partial charge is 0.194 e. The molecular formula is C31H37F5O3. The van der Waals surface area contributed by atoms with Crippen LogP contribution in [0.25, 0.3) is 11.1 Å². The Bertz CT molecular complexity index is 1050. The maximum atomic E-state index is 12.8. The van der Waals surface area contributed by atoms with E-state index in [0.29, 0.717) is 17.7 Å².